The molecule has 5 aromatic heterocycles. The van der Waals surface area contributed by atoms with Crippen molar-refractivity contribution < 1.29 is 0 Å². The molecule has 0 aliphatic rings. The van der Waals surface area contributed by atoms with E-state index in [1.54, 1.807) is 12.4 Å². The minimum Gasteiger partial charge on any atom is -0.292 e. The number of hydrogen-bond donors (Lipinski definition) is 0. The Labute approximate surface area is 228 Å². The SMILES string of the molecule is c1cc(-c2ccncc2)nc(-n2c3ccccc3c3ccc4c(nc5c6ccccc6c6ccccc6n45)c32)c1. The molecule has 0 fully saturated rings. The first-order valence-corrected chi connectivity index (χ1v) is 13.4. The summed E-state index contributed by atoms with van der Waals surface area (Å²) < 4.78 is 4.59. The molecule has 0 aliphatic carbocycles. The highest BCUT2D eigenvalue weighted by atomic mass is 15.1. The van der Waals surface area contributed by atoms with Gasteiger partial charge in [0, 0.05) is 39.5 Å². The third-order valence-electron chi connectivity index (χ3n) is 8.00. The van der Waals surface area contributed by atoms with Crippen LogP contribution in [0.1, 0.15) is 0 Å². The van der Waals surface area contributed by atoms with E-state index in [0.717, 1.165) is 61.1 Å². The van der Waals surface area contributed by atoms with E-state index in [1.807, 2.05) is 18.2 Å². The van der Waals surface area contributed by atoms with E-state index in [2.05, 4.69) is 111 Å². The standard InChI is InChI=1S/C35H21N5/c1-2-11-27-23(8-1)24-9-3-5-13-29(24)39-31-17-16-26-25-10-4-6-14-30(25)40(34(26)33(31)38-35(27)39)32-15-7-12-28(37-32)22-18-20-36-21-19-22/h1-21H. The Morgan fingerprint density at radius 2 is 1.18 bits per heavy atom. The molecule has 0 atom stereocenters. The molecule has 5 heterocycles. The van der Waals surface area contributed by atoms with Gasteiger partial charge in [-0.2, -0.15) is 0 Å². The maximum absolute atomic E-state index is 5.39. The van der Waals surface area contributed by atoms with Gasteiger partial charge in [-0.25, -0.2) is 9.97 Å². The third-order valence-corrected chi connectivity index (χ3v) is 8.00. The van der Waals surface area contributed by atoms with Crippen LogP contribution >= 0.6 is 0 Å². The van der Waals surface area contributed by atoms with Gasteiger partial charge in [0.25, 0.3) is 0 Å². The zero-order valence-electron chi connectivity index (χ0n) is 21.4. The number of aromatic nitrogens is 5. The van der Waals surface area contributed by atoms with Gasteiger partial charge in [0.1, 0.15) is 17.0 Å². The molecular weight excluding hydrogens is 490 g/mol. The maximum atomic E-state index is 5.39. The molecular formula is C35H21N5. The first-order chi connectivity index (χ1) is 19.9. The Hall–Kier alpha value is -5.55. The van der Waals surface area contributed by atoms with Gasteiger partial charge in [-0.15, -0.1) is 0 Å². The highest BCUT2D eigenvalue weighted by Crippen LogP contribution is 2.39. The second kappa shape index (κ2) is 7.98. The molecule has 0 saturated carbocycles. The molecule has 5 nitrogen and oxygen atoms in total. The molecule has 0 radical (unpaired) electrons. The summed E-state index contributed by atoms with van der Waals surface area (Å²) in [6.45, 7) is 0. The van der Waals surface area contributed by atoms with Gasteiger partial charge in [0.2, 0.25) is 0 Å². The lowest BCUT2D eigenvalue weighted by molar-refractivity contribution is 1.08. The Morgan fingerprint density at radius 3 is 2.00 bits per heavy atom. The van der Waals surface area contributed by atoms with E-state index in [1.165, 1.54) is 16.2 Å². The molecule has 5 heteroatoms. The Kier molecular flexibility index (Phi) is 4.27. The van der Waals surface area contributed by atoms with Crippen LogP contribution in [0.25, 0.3) is 77.2 Å². The van der Waals surface area contributed by atoms with Crippen molar-refractivity contribution in [3.8, 4) is 17.1 Å². The van der Waals surface area contributed by atoms with Crippen molar-refractivity contribution in [2.75, 3.05) is 0 Å². The Morgan fingerprint density at radius 1 is 0.475 bits per heavy atom. The predicted octanol–water partition coefficient (Wildman–Crippen LogP) is 8.35. The van der Waals surface area contributed by atoms with Gasteiger partial charge in [-0.3, -0.25) is 14.0 Å². The number of imidazole rings is 1. The number of fused-ring (bicyclic) bond motifs is 12. The molecule has 9 rings (SSSR count). The molecule has 40 heavy (non-hydrogen) atoms. The molecule has 0 bridgehead atoms. The molecule has 0 N–H and O–H groups in total. The fourth-order valence-corrected chi connectivity index (χ4v) is 6.29. The summed E-state index contributed by atoms with van der Waals surface area (Å²) in [4.78, 5) is 14.7. The molecule has 9 aromatic rings. The zero-order valence-corrected chi connectivity index (χ0v) is 21.4. The molecule has 186 valence electrons. The molecule has 0 aliphatic heterocycles. The summed E-state index contributed by atoms with van der Waals surface area (Å²) in [5.41, 5.74) is 8.28. The van der Waals surface area contributed by atoms with Gasteiger partial charge in [-0.05, 0) is 53.9 Å². The van der Waals surface area contributed by atoms with Gasteiger partial charge < -0.3 is 0 Å². The van der Waals surface area contributed by atoms with E-state index in [4.69, 9.17) is 9.97 Å². The molecule has 0 amide bonds. The second-order valence-electron chi connectivity index (χ2n) is 10.1. The summed E-state index contributed by atoms with van der Waals surface area (Å²) in [5, 5.41) is 5.92. The minimum atomic E-state index is 0.861. The second-order valence-corrected chi connectivity index (χ2v) is 10.1. The summed E-state index contributed by atoms with van der Waals surface area (Å²) in [7, 11) is 0. The highest BCUT2D eigenvalue weighted by molar-refractivity contribution is 6.20. The first-order valence-electron chi connectivity index (χ1n) is 13.4. The van der Waals surface area contributed by atoms with Crippen molar-refractivity contribution in [2.24, 2.45) is 0 Å². The van der Waals surface area contributed by atoms with Crippen molar-refractivity contribution in [1.82, 2.24) is 23.9 Å². The van der Waals surface area contributed by atoms with E-state index in [-0.39, 0.29) is 0 Å². The fraction of sp³-hybridized carbons (Fsp3) is 0. The number of benzene rings is 4. The topological polar surface area (TPSA) is 48.0 Å². The van der Waals surface area contributed by atoms with Crippen LogP contribution in [0.4, 0.5) is 0 Å². The average molecular weight is 512 g/mol. The van der Waals surface area contributed by atoms with E-state index in [9.17, 15) is 0 Å². The van der Waals surface area contributed by atoms with E-state index < -0.39 is 0 Å². The van der Waals surface area contributed by atoms with Crippen LogP contribution in [-0.4, -0.2) is 23.9 Å². The van der Waals surface area contributed by atoms with Crippen molar-refractivity contribution >= 4 is 60.2 Å². The van der Waals surface area contributed by atoms with Crippen molar-refractivity contribution in [2.45, 2.75) is 0 Å². The lowest BCUT2D eigenvalue weighted by atomic mass is 10.1. The Balaban J connectivity index is 1.48. The van der Waals surface area contributed by atoms with Crippen molar-refractivity contribution in [3.63, 3.8) is 0 Å². The lowest BCUT2D eigenvalue weighted by Crippen LogP contribution is -1.99. The van der Waals surface area contributed by atoms with Gasteiger partial charge in [0.05, 0.1) is 27.8 Å². The predicted molar refractivity (Wildman–Crippen MR) is 163 cm³/mol. The van der Waals surface area contributed by atoms with Crippen molar-refractivity contribution in [3.05, 3.63) is 128 Å². The van der Waals surface area contributed by atoms with E-state index >= 15 is 0 Å². The third kappa shape index (κ3) is 2.83. The van der Waals surface area contributed by atoms with Crippen molar-refractivity contribution in [1.29, 1.82) is 0 Å². The Bertz CT molecular complexity index is 2430. The largest absolute Gasteiger partial charge is 0.292 e. The maximum Gasteiger partial charge on any atom is 0.146 e. The number of pyridine rings is 3. The van der Waals surface area contributed by atoms with Gasteiger partial charge in [0.15, 0.2) is 0 Å². The first kappa shape index (κ1) is 21.4. The number of hydrogen-bond acceptors (Lipinski definition) is 3. The van der Waals surface area contributed by atoms with Gasteiger partial charge >= 0.3 is 0 Å². The normalized spacial score (nSPS) is 12.0. The smallest absolute Gasteiger partial charge is 0.146 e. The van der Waals surface area contributed by atoms with Crippen LogP contribution in [0.2, 0.25) is 0 Å². The fourth-order valence-electron chi connectivity index (χ4n) is 6.29. The average Bonchev–Trinajstić information content (AvgIpc) is 3.59. The zero-order chi connectivity index (χ0) is 26.2. The number of nitrogens with zero attached hydrogens (tertiary/aromatic N) is 5. The van der Waals surface area contributed by atoms with Crippen LogP contribution in [0.15, 0.2) is 128 Å². The highest BCUT2D eigenvalue weighted by Gasteiger charge is 2.20. The minimum absolute atomic E-state index is 0.861. The molecule has 4 aromatic carbocycles. The summed E-state index contributed by atoms with van der Waals surface area (Å²) in [6.07, 6.45) is 3.61. The number of para-hydroxylation sites is 2. The van der Waals surface area contributed by atoms with Crippen LogP contribution < -0.4 is 0 Å². The molecule has 0 spiro atoms. The van der Waals surface area contributed by atoms with E-state index in [0.29, 0.717) is 0 Å². The number of rotatable bonds is 2. The summed E-state index contributed by atoms with van der Waals surface area (Å²) in [6, 6.07) is 40.4. The van der Waals surface area contributed by atoms with Crippen LogP contribution in [0, 0.1) is 0 Å². The summed E-state index contributed by atoms with van der Waals surface area (Å²) >= 11 is 0. The molecule has 0 saturated heterocycles. The summed E-state index contributed by atoms with van der Waals surface area (Å²) in [5.74, 6) is 0.861. The monoisotopic (exact) mass is 511 g/mol. The van der Waals surface area contributed by atoms with Gasteiger partial charge in [-0.1, -0.05) is 66.7 Å². The van der Waals surface area contributed by atoms with Crippen LogP contribution in [-0.2, 0) is 0 Å². The van der Waals surface area contributed by atoms with Crippen LogP contribution in [0.3, 0.4) is 0 Å². The van der Waals surface area contributed by atoms with Crippen LogP contribution in [0.5, 0.6) is 0 Å². The quantitative estimate of drug-likeness (QED) is 0.219. The lowest BCUT2D eigenvalue weighted by Gasteiger charge is -2.10. The molecule has 0 unspecified atom stereocenters.